The Hall–Kier alpha value is -1.79. The molecule has 1 atom stereocenters. The lowest BCUT2D eigenvalue weighted by atomic mass is 10.1. The van der Waals surface area contributed by atoms with Crippen LogP contribution in [-0.4, -0.2) is 30.5 Å². The van der Waals surface area contributed by atoms with E-state index in [-0.39, 0.29) is 18.1 Å². The number of hydrogen-bond donors (Lipinski definition) is 2. The monoisotopic (exact) mass is 333 g/mol. The Morgan fingerprint density at radius 2 is 2.39 bits per heavy atom. The van der Waals surface area contributed by atoms with E-state index < -0.39 is 0 Å². The van der Waals surface area contributed by atoms with Crippen molar-refractivity contribution in [3.05, 3.63) is 41.2 Å². The van der Waals surface area contributed by atoms with E-state index in [1.54, 1.807) is 6.07 Å². The zero-order valence-electron chi connectivity index (χ0n) is 12.8. The Balaban J connectivity index is 1.49. The molecule has 4 nitrogen and oxygen atoms in total. The number of nitrogens with one attached hydrogen (secondary N) is 2. The van der Waals surface area contributed by atoms with E-state index in [1.807, 2.05) is 11.4 Å². The number of rotatable bonds is 6. The van der Waals surface area contributed by atoms with Gasteiger partial charge in [-0.1, -0.05) is 12.1 Å². The Kier molecular flexibility index (Phi) is 5.35. The van der Waals surface area contributed by atoms with Crippen molar-refractivity contribution < 1.29 is 9.18 Å². The number of carbonyl (C=O) groups excluding carboxylic acids is 1. The number of aromatic nitrogens is 1. The van der Waals surface area contributed by atoms with Crippen LogP contribution >= 0.6 is 11.3 Å². The summed E-state index contributed by atoms with van der Waals surface area (Å²) in [6.45, 7) is 2.85. The van der Waals surface area contributed by atoms with Gasteiger partial charge in [-0.3, -0.25) is 4.79 Å². The van der Waals surface area contributed by atoms with E-state index in [0.29, 0.717) is 12.5 Å². The molecule has 2 N–H and O–H groups in total. The molecule has 2 heterocycles. The Labute approximate surface area is 139 Å². The summed E-state index contributed by atoms with van der Waals surface area (Å²) in [5.41, 5.74) is 1.48. The van der Waals surface area contributed by atoms with E-state index >= 15 is 0 Å². The second-order valence-corrected chi connectivity index (χ2v) is 6.69. The highest BCUT2D eigenvalue weighted by molar-refractivity contribution is 7.13. The summed E-state index contributed by atoms with van der Waals surface area (Å²) in [5, 5.41) is 8.88. The number of amides is 1. The van der Waals surface area contributed by atoms with Crippen LogP contribution in [0.4, 0.5) is 4.39 Å². The molecule has 3 rings (SSSR count). The van der Waals surface area contributed by atoms with E-state index in [9.17, 15) is 9.18 Å². The quantitative estimate of drug-likeness (QED) is 0.854. The van der Waals surface area contributed by atoms with Gasteiger partial charge in [0.15, 0.2) is 0 Å². The maximum absolute atomic E-state index is 13.2. The number of hydrogen-bond acceptors (Lipinski definition) is 4. The normalized spacial score (nSPS) is 17.3. The Bertz CT molecular complexity index is 667. The first-order valence-electron chi connectivity index (χ1n) is 7.88. The van der Waals surface area contributed by atoms with Crippen molar-refractivity contribution in [3.63, 3.8) is 0 Å². The second-order valence-electron chi connectivity index (χ2n) is 5.83. The lowest BCUT2D eigenvalue weighted by Gasteiger charge is -2.08. The first kappa shape index (κ1) is 16.1. The van der Waals surface area contributed by atoms with E-state index in [0.717, 1.165) is 35.8 Å². The molecule has 1 unspecified atom stereocenters. The largest absolute Gasteiger partial charge is 0.356 e. The van der Waals surface area contributed by atoms with Gasteiger partial charge in [0.05, 0.1) is 12.1 Å². The molecule has 23 heavy (non-hydrogen) atoms. The predicted molar refractivity (Wildman–Crippen MR) is 89.8 cm³/mol. The zero-order valence-corrected chi connectivity index (χ0v) is 13.7. The van der Waals surface area contributed by atoms with Gasteiger partial charge < -0.3 is 10.6 Å². The molecule has 2 aromatic rings. The van der Waals surface area contributed by atoms with E-state index in [4.69, 9.17) is 0 Å². The number of carbonyl (C=O) groups is 1. The molecular weight excluding hydrogens is 313 g/mol. The van der Waals surface area contributed by atoms with Crippen LogP contribution in [0.2, 0.25) is 0 Å². The van der Waals surface area contributed by atoms with Crippen molar-refractivity contribution in [2.45, 2.75) is 19.3 Å². The molecule has 0 aliphatic carbocycles. The molecule has 0 spiro atoms. The fourth-order valence-electron chi connectivity index (χ4n) is 2.75. The lowest BCUT2D eigenvalue weighted by Crippen LogP contribution is -2.27. The van der Waals surface area contributed by atoms with Gasteiger partial charge in [0.1, 0.15) is 10.8 Å². The summed E-state index contributed by atoms with van der Waals surface area (Å²) in [6.07, 6.45) is 2.48. The van der Waals surface area contributed by atoms with Gasteiger partial charge in [-0.2, -0.15) is 0 Å². The molecule has 1 fully saturated rings. The van der Waals surface area contributed by atoms with Crippen LogP contribution in [-0.2, 0) is 11.2 Å². The van der Waals surface area contributed by atoms with Crippen molar-refractivity contribution in [3.8, 4) is 10.6 Å². The van der Waals surface area contributed by atoms with Gasteiger partial charge in [0.2, 0.25) is 5.91 Å². The average Bonchev–Trinajstić information content (AvgIpc) is 3.19. The lowest BCUT2D eigenvalue weighted by molar-refractivity contribution is -0.120. The highest BCUT2D eigenvalue weighted by Crippen LogP contribution is 2.24. The van der Waals surface area contributed by atoms with Gasteiger partial charge in [0.25, 0.3) is 0 Å². The van der Waals surface area contributed by atoms with Gasteiger partial charge in [-0.25, -0.2) is 9.37 Å². The minimum Gasteiger partial charge on any atom is -0.356 e. The molecule has 0 radical (unpaired) electrons. The van der Waals surface area contributed by atoms with E-state index in [2.05, 4.69) is 15.6 Å². The van der Waals surface area contributed by atoms with Gasteiger partial charge >= 0.3 is 0 Å². The minimum absolute atomic E-state index is 0.00736. The van der Waals surface area contributed by atoms with E-state index in [1.165, 1.54) is 29.9 Å². The topological polar surface area (TPSA) is 54.0 Å². The summed E-state index contributed by atoms with van der Waals surface area (Å²) < 4.78 is 13.2. The van der Waals surface area contributed by atoms with Gasteiger partial charge in [-0.15, -0.1) is 11.3 Å². The van der Waals surface area contributed by atoms with Crippen molar-refractivity contribution in [2.75, 3.05) is 19.6 Å². The van der Waals surface area contributed by atoms with Crippen molar-refractivity contribution in [1.29, 1.82) is 0 Å². The molecule has 0 bridgehead atoms. The van der Waals surface area contributed by atoms with Crippen LogP contribution in [0, 0.1) is 11.7 Å². The number of halogens is 1. The summed E-state index contributed by atoms with van der Waals surface area (Å²) in [5.74, 6) is 0.389. The number of benzene rings is 1. The zero-order chi connectivity index (χ0) is 16.1. The SMILES string of the molecule is O=C(Cc1csc(-c2cccc(F)c2)n1)NCCC1CCNC1. The van der Waals surface area contributed by atoms with Crippen molar-refractivity contribution in [2.24, 2.45) is 5.92 Å². The molecule has 1 aliphatic heterocycles. The molecule has 1 aromatic carbocycles. The number of thiazole rings is 1. The summed E-state index contributed by atoms with van der Waals surface area (Å²) in [4.78, 5) is 16.4. The van der Waals surface area contributed by atoms with Crippen LogP contribution in [0.1, 0.15) is 18.5 Å². The van der Waals surface area contributed by atoms with Gasteiger partial charge in [0, 0.05) is 17.5 Å². The molecule has 1 aromatic heterocycles. The van der Waals surface area contributed by atoms with Crippen molar-refractivity contribution in [1.82, 2.24) is 15.6 Å². The first-order valence-corrected chi connectivity index (χ1v) is 8.76. The maximum atomic E-state index is 13.2. The van der Waals surface area contributed by atoms with Crippen LogP contribution < -0.4 is 10.6 Å². The fraction of sp³-hybridized carbons (Fsp3) is 0.412. The third kappa shape index (κ3) is 4.59. The third-order valence-electron chi connectivity index (χ3n) is 4.00. The highest BCUT2D eigenvalue weighted by Gasteiger charge is 2.14. The predicted octanol–water partition coefficient (Wildman–Crippen LogP) is 2.61. The molecule has 1 aliphatic rings. The van der Waals surface area contributed by atoms with Crippen LogP contribution in [0.5, 0.6) is 0 Å². The molecule has 122 valence electrons. The van der Waals surface area contributed by atoms with Crippen LogP contribution in [0.3, 0.4) is 0 Å². The first-order chi connectivity index (χ1) is 11.2. The minimum atomic E-state index is -0.279. The molecule has 6 heteroatoms. The second kappa shape index (κ2) is 7.66. The molecular formula is C17H20FN3OS. The molecule has 1 amide bonds. The van der Waals surface area contributed by atoms with Crippen molar-refractivity contribution >= 4 is 17.2 Å². The summed E-state index contributed by atoms with van der Waals surface area (Å²) in [7, 11) is 0. The highest BCUT2D eigenvalue weighted by atomic mass is 32.1. The average molecular weight is 333 g/mol. The van der Waals surface area contributed by atoms with Crippen LogP contribution in [0.25, 0.3) is 10.6 Å². The summed E-state index contributed by atoms with van der Waals surface area (Å²) >= 11 is 1.43. The Morgan fingerprint density at radius 1 is 1.48 bits per heavy atom. The Morgan fingerprint density at radius 3 is 3.17 bits per heavy atom. The standard InChI is InChI=1S/C17H20FN3OS/c18-14-3-1-2-13(8-14)17-21-15(11-23-17)9-16(22)20-7-5-12-4-6-19-10-12/h1-3,8,11-12,19H,4-7,9-10H2,(H,20,22). The smallest absolute Gasteiger partial charge is 0.226 e. The third-order valence-corrected chi connectivity index (χ3v) is 4.94. The molecule has 0 saturated carbocycles. The molecule has 1 saturated heterocycles. The maximum Gasteiger partial charge on any atom is 0.226 e. The summed E-state index contributed by atoms with van der Waals surface area (Å²) in [6, 6.07) is 6.35. The number of nitrogens with zero attached hydrogens (tertiary/aromatic N) is 1. The van der Waals surface area contributed by atoms with Gasteiger partial charge in [-0.05, 0) is 44.0 Å². The fourth-order valence-corrected chi connectivity index (χ4v) is 3.56. The van der Waals surface area contributed by atoms with Crippen LogP contribution in [0.15, 0.2) is 29.6 Å².